The van der Waals surface area contributed by atoms with E-state index in [2.05, 4.69) is 15.5 Å². The first-order valence-electron chi connectivity index (χ1n) is 6.91. The Morgan fingerprint density at radius 1 is 1.38 bits per heavy atom. The van der Waals surface area contributed by atoms with E-state index in [1.807, 2.05) is 0 Å². The Hall–Kier alpha value is -2.31. The molecule has 8 heteroatoms. The number of carboxylic acid groups (broad SMARTS) is 1. The largest absolute Gasteiger partial charge is 0.496 e. The minimum Gasteiger partial charge on any atom is -0.496 e. The second-order valence-corrected chi connectivity index (χ2v) is 5.73. The van der Waals surface area contributed by atoms with Crippen molar-refractivity contribution in [3.8, 4) is 5.75 Å². The van der Waals surface area contributed by atoms with Gasteiger partial charge in [0.25, 0.3) is 0 Å². The number of hydrogen-bond donors (Lipinski definition) is 2. The summed E-state index contributed by atoms with van der Waals surface area (Å²) in [6.07, 6.45) is 1.32. The molecule has 0 saturated carbocycles. The summed E-state index contributed by atoms with van der Waals surface area (Å²) in [5, 5.41) is 14.0. The van der Waals surface area contributed by atoms with Crippen LogP contribution in [0, 0.1) is 0 Å². The molecular formula is C16H15Cl2N3O3. The van der Waals surface area contributed by atoms with Crippen LogP contribution in [0.5, 0.6) is 5.75 Å². The molecule has 0 aliphatic rings. The number of anilines is 1. The average molecular weight is 368 g/mol. The molecule has 1 aromatic carbocycles. The molecule has 0 radical (unpaired) electrons. The molecule has 1 heterocycles. The van der Waals surface area contributed by atoms with Gasteiger partial charge in [-0.25, -0.2) is 4.98 Å². The SMILES string of the molecule is COc1ccc(/C(C)=N\Nc2ncc(Cl)cc2Cl)cc1CC(=O)O. The number of nitrogens with one attached hydrogen (secondary N) is 1. The van der Waals surface area contributed by atoms with E-state index in [0.717, 1.165) is 5.56 Å². The van der Waals surface area contributed by atoms with Gasteiger partial charge >= 0.3 is 5.97 Å². The van der Waals surface area contributed by atoms with Gasteiger partial charge in [-0.2, -0.15) is 5.10 Å². The van der Waals surface area contributed by atoms with Gasteiger partial charge in [-0.3, -0.25) is 10.2 Å². The number of ether oxygens (including phenoxy) is 1. The molecule has 2 rings (SSSR count). The van der Waals surface area contributed by atoms with E-state index in [1.165, 1.54) is 13.3 Å². The fourth-order valence-corrected chi connectivity index (χ4v) is 2.43. The van der Waals surface area contributed by atoms with Crippen molar-refractivity contribution in [2.75, 3.05) is 12.5 Å². The van der Waals surface area contributed by atoms with E-state index in [-0.39, 0.29) is 6.42 Å². The van der Waals surface area contributed by atoms with Gasteiger partial charge in [0.15, 0.2) is 5.82 Å². The minimum absolute atomic E-state index is 0.137. The Bertz CT molecular complexity index is 794. The molecule has 2 N–H and O–H groups in total. The Morgan fingerprint density at radius 2 is 2.12 bits per heavy atom. The van der Waals surface area contributed by atoms with Gasteiger partial charge in [-0.1, -0.05) is 23.2 Å². The second kappa shape index (κ2) is 7.99. The van der Waals surface area contributed by atoms with Crippen LogP contribution in [-0.2, 0) is 11.2 Å². The van der Waals surface area contributed by atoms with Crippen LogP contribution in [0.15, 0.2) is 35.6 Å². The molecule has 0 aliphatic heterocycles. The molecule has 0 saturated heterocycles. The maximum Gasteiger partial charge on any atom is 0.307 e. The molecule has 0 aliphatic carbocycles. The van der Waals surface area contributed by atoms with Gasteiger partial charge in [0.1, 0.15) is 5.75 Å². The maximum atomic E-state index is 11.0. The van der Waals surface area contributed by atoms with Crippen LogP contribution < -0.4 is 10.2 Å². The van der Waals surface area contributed by atoms with Crippen LogP contribution >= 0.6 is 23.2 Å². The van der Waals surface area contributed by atoms with Crippen LogP contribution in [0.2, 0.25) is 10.0 Å². The van der Waals surface area contributed by atoms with Crippen molar-refractivity contribution in [3.63, 3.8) is 0 Å². The van der Waals surface area contributed by atoms with E-state index in [9.17, 15) is 4.79 Å². The van der Waals surface area contributed by atoms with Crippen LogP contribution in [0.1, 0.15) is 18.1 Å². The number of pyridine rings is 1. The average Bonchev–Trinajstić information content (AvgIpc) is 2.53. The highest BCUT2D eigenvalue weighted by molar-refractivity contribution is 6.35. The molecule has 0 unspecified atom stereocenters. The number of rotatable bonds is 6. The van der Waals surface area contributed by atoms with Crippen molar-refractivity contribution in [3.05, 3.63) is 51.6 Å². The summed E-state index contributed by atoms with van der Waals surface area (Å²) in [4.78, 5) is 15.0. The molecule has 1 aromatic heterocycles. The van der Waals surface area contributed by atoms with Gasteiger partial charge in [0.05, 0.1) is 29.3 Å². The molecule has 0 atom stereocenters. The molecule has 24 heavy (non-hydrogen) atoms. The number of halogens is 2. The van der Waals surface area contributed by atoms with Gasteiger partial charge in [0.2, 0.25) is 0 Å². The lowest BCUT2D eigenvalue weighted by molar-refractivity contribution is -0.136. The lowest BCUT2D eigenvalue weighted by atomic mass is 10.0. The minimum atomic E-state index is -0.935. The van der Waals surface area contributed by atoms with E-state index in [0.29, 0.717) is 32.9 Å². The first-order chi connectivity index (χ1) is 11.4. The smallest absolute Gasteiger partial charge is 0.307 e. The highest BCUT2D eigenvalue weighted by Gasteiger charge is 2.10. The number of aliphatic carboxylic acids is 1. The number of hydrazone groups is 1. The summed E-state index contributed by atoms with van der Waals surface area (Å²) in [7, 11) is 1.50. The van der Waals surface area contributed by atoms with Crippen molar-refractivity contribution >= 4 is 40.7 Å². The van der Waals surface area contributed by atoms with Gasteiger partial charge in [-0.15, -0.1) is 0 Å². The Kier molecular flexibility index (Phi) is 6.00. The molecule has 0 bridgehead atoms. The van der Waals surface area contributed by atoms with Crippen LogP contribution in [0.3, 0.4) is 0 Å². The Balaban J connectivity index is 2.24. The zero-order chi connectivity index (χ0) is 17.7. The van der Waals surface area contributed by atoms with Gasteiger partial charge in [0, 0.05) is 11.8 Å². The summed E-state index contributed by atoms with van der Waals surface area (Å²) in [6.45, 7) is 1.78. The van der Waals surface area contributed by atoms with Gasteiger partial charge < -0.3 is 9.84 Å². The molecular weight excluding hydrogens is 353 g/mol. The summed E-state index contributed by atoms with van der Waals surface area (Å²) in [5.41, 5.74) is 4.73. The molecule has 0 fully saturated rings. The lowest BCUT2D eigenvalue weighted by Crippen LogP contribution is -2.06. The lowest BCUT2D eigenvalue weighted by Gasteiger charge is -2.10. The van der Waals surface area contributed by atoms with Crippen molar-refractivity contribution in [1.82, 2.24) is 4.98 Å². The number of carboxylic acids is 1. The van der Waals surface area contributed by atoms with E-state index in [4.69, 9.17) is 33.0 Å². The van der Waals surface area contributed by atoms with Gasteiger partial charge in [-0.05, 0) is 36.8 Å². The third-order valence-electron chi connectivity index (χ3n) is 3.18. The second-order valence-electron chi connectivity index (χ2n) is 4.89. The number of nitrogens with zero attached hydrogens (tertiary/aromatic N) is 2. The number of carbonyl (C=O) groups is 1. The quantitative estimate of drug-likeness (QED) is 0.598. The fourth-order valence-electron chi connectivity index (χ4n) is 2.00. The summed E-state index contributed by atoms with van der Waals surface area (Å²) in [6, 6.07) is 6.79. The highest BCUT2D eigenvalue weighted by Crippen LogP contribution is 2.23. The van der Waals surface area contributed by atoms with E-state index < -0.39 is 5.97 Å². The molecule has 6 nitrogen and oxygen atoms in total. The van der Waals surface area contributed by atoms with E-state index in [1.54, 1.807) is 31.2 Å². The fraction of sp³-hybridized carbons (Fsp3) is 0.188. The monoisotopic (exact) mass is 367 g/mol. The third-order valence-corrected chi connectivity index (χ3v) is 3.67. The standard InChI is InChI=1S/C16H15Cl2N3O3/c1-9(20-21-16-13(18)7-12(17)8-19-16)10-3-4-14(24-2)11(5-10)6-15(22)23/h3-5,7-8H,6H2,1-2H3,(H,19,21)(H,22,23)/b20-9-. The van der Waals surface area contributed by atoms with Crippen molar-refractivity contribution < 1.29 is 14.6 Å². The highest BCUT2D eigenvalue weighted by atomic mass is 35.5. The summed E-state index contributed by atoms with van der Waals surface area (Å²) in [5.74, 6) is -0.0423. The summed E-state index contributed by atoms with van der Waals surface area (Å²) < 4.78 is 5.18. The van der Waals surface area contributed by atoms with Crippen LogP contribution in [0.25, 0.3) is 0 Å². The third kappa shape index (κ3) is 4.59. The van der Waals surface area contributed by atoms with Crippen molar-refractivity contribution in [2.45, 2.75) is 13.3 Å². The van der Waals surface area contributed by atoms with Crippen LogP contribution in [0.4, 0.5) is 5.82 Å². The number of methoxy groups -OCH3 is 1. The maximum absolute atomic E-state index is 11.0. The Labute approximate surface area is 149 Å². The first-order valence-corrected chi connectivity index (χ1v) is 7.66. The number of benzene rings is 1. The number of aromatic nitrogens is 1. The predicted molar refractivity (Wildman–Crippen MR) is 94.4 cm³/mol. The Morgan fingerprint density at radius 3 is 2.75 bits per heavy atom. The zero-order valence-corrected chi connectivity index (χ0v) is 14.5. The van der Waals surface area contributed by atoms with Crippen molar-refractivity contribution in [1.29, 1.82) is 0 Å². The summed E-state index contributed by atoms with van der Waals surface area (Å²) >= 11 is 11.8. The first kappa shape index (κ1) is 18.0. The molecule has 0 amide bonds. The predicted octanol–water partition coefficient (Wildman–Crippen LogP) is 3.86. The normalized spacial score (nSPS) is 11.2. The topological polar surface area (TPSA) is 83.8 Å². The zero-order valence-electron chi connectivity index (χ0n) is 13.0. The van der Waals surface area contributed by atoms with Crippen molar-refractivity contribution in [2.24, 2.45) is 5.10 Å². The van der Waals surface area contributed by atoms with E-state index >= 15 is 0 Å². The molecule has 0 spiro atoms. The van der Waals surface area contributed by atoms with Crippen LogP contribution in [-0.4, -0.2) is 28.9 Å². The molecule has 126 valence electrons. The molecule has 2 aromatic rings. The number of hydrogen-bond acceptors (Lipinski definition) is 5.